The topological polar surface area (TPSA) is 30.5 Å². The SMILES string of the molecule is CC(C)NCCOc1cccc2c1OC(C)(C)C2. The molecule has 0 saturated carbocycles. The average molecular weight is 249 g/mol. The summed E-state index contributed by atoms with van der Waals surface area (Å²) in [5, 5.41) is 3.33. The van der Waals surface area contributed by atoms with Crippen molar-refractivity contribution in [2.24, 2.45) is 0 Å². The van der Waals surface area contributed by atoms with E-state index in [0.717, 1.165) is 24.5 Å². The van der Waals surface area contributed by atoms with Gasteiger partial charge in [0.15, 0.2) is 11.5 Å². The van der Waals surface area contributed by atoms with E-state index in [1.54, 1.807) is 0 Å². The Balaban J connectivity index is 1.97. The van der Waals surface area contributed by atoms with Gasteiger partial charge in [0.25, 0.3) is 0 Å². The summed E-state index contributed by atoms with van der Waals surface area (Å²) in [6.45, 7) is 10.00. The second-order valence-corrected chi connectivity index (χ2v) is 5.74. The van der Waals surface area contributed by atoms with Crippen LogP contribution in [0.15, 0.2) is 18.2 Å². The molecule has 1 N–H and O–H groups in total. The third-order valence-corrected chi connectivity index (χ3v) is 2.97. The molecular weight excluding hydrogens is 226 g/mol. The van der Waals surface area contributed by atoms with E-state index in [2.05, 4.69) is 39.1 Å². The molecule has 18 heavy (non-hydrogen) atoms. The molecule has 3 nitrogen and oxygen atoms in total. The van der Waals surface area contributed by atoms with Gasteiger partial charge in [0.2, 0.25) is 0 Å². The molecule has 1 heterocycles. The van der Waals surface area contributed by atoms with Crippen LogP contribution in [-0.2, 0) is 6.42 Å². The molecule has 0 amide bonds. The first kappa shape index (κ1) is 13.2. The van der Waals surface area contributed by atoms with Crippen molar-refractivity contribution in [1.82, 2.24) is 5.32 Å². The Hall–Kier alpha value is -1.22. The highest BCUT2D eigenvalue weighted by Gasteiger charge is 2.32. The quantitative estimate of drug-likeness (QED) is 0.814. The summed E-state index contributed by atoms with van der Waals surface area (Å²) in [4.78, 5) is 0. The highest BCUT2D eigenvalue weighted by atomic mass is 16.5. The lowest BCUT2D eigenvalue weighted by atomic mass is 10.0. The van der Waals surface area contributed by atoms with Crippen LogP contribution >= 0.6 is 0 Å². The van der Waals surface area contributed by atoms with Gasteiger partial charge in [-0.3, -0.25) is 0 Å². The van der Waals surface area contributed by atoms with E-state index < -0.39 is 0 Å². The van der Waals surface area contributed by atoms with E-state index in [0.29, 0.717) is 12.6 Å². The van der Waals surface area contributed by atoms with Crippen molar-refractivity contribution in [3.05, 3.63) is 23.8 Å². The molecule has 2 rings (SSSR count). The molecule has 0 fully saturated rings. The van der Waals surface area contributed by atoms with Gasteiger partial charge < -0.3 is 14.8 Å². The number of rotatable bonds is 5. The molecule has 1 aromatic rings. The first-order chi connectivity index (χ1) is 8.48. The molecule has 0 unspecified atom stereocenters. The molecule has 3 heteroatoms. The van der Waals surface area contributed by atoms with Crippen LogP contribution in [0.1, 0.15) is 33.3 Å². The number of hydrogen-bond donors (Lipinski definition) is 1. The average Bonchev–Trinajstić information content (AvgIpc) is 2.58. The number of fused-ring (bicyclic) bond motifs is 1. The number of nitrogens with one attached hydrogen (secondary N) is 1. The summed E-state index contributed by atoms with van der Waals surface area (Å²) >= 11 is 0. The van der Waals surface area contributed by atoms with Crippen molar-refractivity contribution in [3.63, 3.8) is 0 Å². The van der Waals surface area contributed by atoms with Crippen molar-refractivity contribution in [3.8, 4) is 11.5 Å². The van der Waals surface area contributed by atoms with Crippen molar-refractivity contribution in [1.29, 1.82) is 0 Å². The fourth-order valence-corrected chi connectivity index (χ4v) is 2.21. The van der Waals surface area contributed by atoms with Gasteiger partial charge >= 0.3 is 0 Å². The van der Waals surface area contributed by atoms with Crippen LogP contribution in [0.4, 0.5) is 0 Å². The third kappa shape index (κ3) is 3.16. The molecule has 1 aromatic carbocycles. The van der Waals surface area contributed by atoms with Gasteiger partial charge in [-0.2, -0.15) is 0 Å². The number of ether oxygens (including phenoxy) is 2. The van der Waals surface area contributed by atoms with Gasteiger partial charge in [-0.15, -0.1) is 0 Å². The molecule has 0 saturated heterocycles. The zero-order valence-corrected chi connectivity index (χ0v) is 11.7. The van der Waals surface area contributed by atoms with Crippen LogP contribution in [0, 0.1) is 0 Å². The van der Waals surface area contributed by atoms with Crippen molar-refractivity contribution >= 4 is 0 Å². The van der Waals surface area contributed by atoms with Crippen molar-refractivity contribution in [2.45, 2.75) is 45.8 Å². The maximum Gasteiger partial charge on any atom is 0.165 e. The number of para-hydroxylation sites is 1. The molecule has 1 aliphatic rings. The minimum atomic E-state index is -0.113. The molecule has 1 aliphatic heterocycles. The van der Waals surface area contributed by atoms with Crippen LogP contribution in [0.2, 0.25) is 0 Å². The summed E-state index contributed by atoms with van der Waals surface area (Å²) in [5.74, 6) is 1.79. The van der Waals surface area contributed by atoms with Gasteiger partial charge in [0.1, 0.15) is 12.2 Å². The molecule has 0 aliphatic carbocycles. The highest BCUT2D eigenvalue weighted by molar-refractivity contribution is 5.50. The first-order valence-corrected chi connectivity index (χ1v) is 6.65. The monoisotopic (exact) mass is 249 g/mol. The maximum atomic E-state index is 5.96. The number of hydrogen-bond acceptors (Lipinski definition) is 3. The van der Waals surface area contributed by atoms with Gasteiger partial charge in [-0.25, -0.2) is 0 Å². The lowest BCUT2D eigenvalue weighted by molar-refractivity contribution is 0.132. The van der Waals surface area contributed by atoms with Crippen LogP contribution in [0.3, 0.4) is 0 Å². The predicted octanol–water partition coefficient (Wildman–Crippen LogP) is 2.78. The fourth-order valence-electron chi connectivity index (χ4n) is 2.21. The zero-order valence-electron chi connectivity index (χ0n) is 11.7. The summed E-state index contributed by atoms with van der Waals surface area (Å²) in [6, 6.07) is 6.62. The standard InChI is InChI=1S/C15H23NO2/c1-11(2)16-8-9-17-13-7-5-6-12-10-15(3,4)18-14(12)13/h5-7,11,16H,8-10H2,1-4H3. The number of benzene rings is 1. The second-order valence-electron chi connectivity index (χ2n) is 5.74. The third-order valence-electron chi connectivity index (χ3n) is 2.97. The molecule has 0 bridgehead atoms. The smallest absolute Gasteiger partial charge is 0.165 e. The normalized spacial score (nSPS) is 16.5. The minimum absolute atomic E-state index is 0.113. The van der Waals surface area contributed by atoms with E-state index in [-0.39, 0.29) is 5.60 Å². The summed E-state index contributed by atoms with van der Waals surface area (Å²) in [5.41, 5.74) is 1.13. The molecule has 0 radical (unpaired) electrons. The Kier molecular flexibility index (Phi) is 3.81. The van der Waals surface area contributed by atoms with Crippen molar-refractivity contribution in [2.75, 3.05) is 13.2 Å². The zero-order chi connectivity index (χ0) is 13.2. The summed E-state index contributed by atoms with van der Waals surface area (Å²) in [6.07, 6.45) is 0.948. The van der Waals surface area contributed by atoms with Crippen molar-refractivity contribution < 1.29 is 9.47 Å². The summed E-state index contributed by atoms with van der Waals surface area (Å²) < 4.78 is 11.8. The maximum absolute atomic E-state index is 5.96. The summed E-state index contributed by atoms with van der Waals surface area (Å²) in [7, 11) is 0. The van der Waals surface area contributed by atoms with E-state index in [9.17, 15) is 0 Å². The Labute approximate surface area is 109 Å². The van der Waals surface area contributed by atoms with Crippen LogP contribution in [-0.4, -0.2) is 24.8 Å². The Morgan fingerprint density at radius 2 is 2.17 bits per heavy atom. The molecule has 0 spiro atoms. The van der Waals surface area contributed by atoms with E-state index in [1.807, 2.05) is 12.1 Å². The predicted molar refractivity (Wildman–Crippen MR) is 73.5 cm³/mol. The molecular formula is C15H23NO2. The fraction of sp³-hybridized carbons (Fsp3) is 0.600. The first-order valence-electron chi connectivity index (χ1n) is 6.65. The molecule has 100 valence electrons. The van der Waals surface area contributed by atoms with Crippen LogP contribution < -0.4 is 14.8 Å². The van der Waals surface area contributed by atoms with E-state index >= 15 is 0 Å². The largest absolute Gasteiger partial charge is 0.488 e. The van der Waals surface area contributed by atoms with Crippen LogP contribution in [0.25, 0.3) is 0 Å². The molecule has 0 aromatic heterocycles. The minimum Gasteiger partial charge on any atom is -0.488 e. The van der Waals surface area contributed by atoms with Gasteiger partial charge in [-0.05, 0) is 19.9 Å². The van der Waals surface area contributed by atoms with Crippen LogP contribution in [0.5, 0.6) is 11.5 Å². The lowest BCUT2D eigenvalue weighted by Gasteiger charge is -2.18. The lowest BCUT2D eigenvalue weighted by Crippen LogP contribution is -2.27. The highest BCUT2D eigenvalue weighted by Crippen LogP contribution is 2.41. The Morgan fingerprint density at radius 3 is 2.89 bits per heavy atom. The Morgan fingerprint density at radius 1 is 1.39 bits per heavy atom. The molecule has 0 atom stereocenters. The van der Waals surface area contributed by atoms with Gasteiger partial charge in [-0.1, -0.05) is 26.0 Å². The van der Waals surface area contributed by atoms with E-state index in [1.165, 1.54) is 5.56 Å². The van der Waals surface area contributed by atoms with Gasteiger partial charge in [0, 0.05) is 24.6 Å². The Bertz CT molecular complexity index is 413. The second kappa shape index (κ2) is 5.19. The van der Waals surface area contributed by atoms with Gasteiger partial charge in [0.05, 0.1) is 0 Å². The van der Waals surface area contributed by atoms with E-state index in [4.69, 9.17) is 9.47 Å².